The Bertz CT molecular complexity index is 1170. The van der Waals surface area contributed by atoms with E-state index in [1.54, 1.807) is 18.0 Å². The van der Waals surface area contributed by atoms with E-state index in [-0.39, 0.29) is 0 Å². The molecule has 5 aliphatic rings. The summed E-state index contributed by atoms with van der Waals surface area (Å²) in [6.07, 6.45) is 13.0. The van der Waals surface area contributed by atoms with Crippen molar-refractivity contribution in [2.75, 3.05) is 43.1 Å². The maximum atomic E-state index is 9.76. The van der Waals surface area contributed by atoms with Gasteiger partial charge in [-0.1, -0.05) is 25.1 Å². The van der Waals surface area contributed by atoms with Crippen LogP contribution in [0.2, 0.25) is 0 Å². The number of aromatic nitrogens is 2. The standard InChI is InChI=1S/C31H43N7S/c1-3-38-10-8-26(9-11-38)36-28-23-12-21-13-24(28)16-31(14-21,15-23)20-35-29-25(17-32)19-34-30(37-29)33-18-22-6-4-5-7-27(22)39-2/h4-7,19,21,23-24,26,28,36H,3,8-16,18,20H2,1-2H3,(H2,33,34,35,37)/t21?,23-,24+,28?,31?. The zero-order valence-corrected chi connectivity index (χ0v) is 24.3. The summed E-state index contributed by atoms with van der Waals surface area (Å²) in [6.45, 7) is 7.51. The van der Waals surface area contributed by atoms with Gasteiger partial charge in [-0.25, -0.2) is 4.98 Å². The number of anilines is 2. The van der Waals surface area contributed by atoms with E-state index in [0.717, 1.165) is 24.3 Å². The van der Waals surface area contributed by atoms with Gasteiger partial charge in [0.2, 0.25) is 5.95 Å². The zero-order valence-electron chi connectivity index (χ0n) is 23.5. The van der Waals surface area contributed by atoms with Gasteiger partial charge < -0.3 is 20.9 Å². The van der Waals surface area contributed by atoms with E-state index in [2.05, 4.69) is 69.3 Å². The van der Waals surface area contributed by atoms with Crippen LogP contribution in [0.5, 0.6) is 0 Å². The largest absolute Gasteiger partial charge is 0.368 e. The number of rotatable bonds is 10. The van der Waals surface area contributed by atoms with E-state index >= 15 is 0 Å². The van der Waals surface area contributed by atoms with Gasteiger partial charge >= 0.3 is 0 Å². The highest BCUT2D eigenvalue weighted by atomic mass is 32.2. The van der Waals surface area contributed by atoms with Crippen molar-refractivity contribution in [1.82, 2.24) is 20.2 Å². The normalized spacial score (nSPS) is 30.3. The van der Waals surface area contributed by atoms with E-state index in [1.165, 1.54) is 75.0 Å². The third-order valence-corrected chi connectivity index (χ3v) is 10.9. The van der Waals surface area contributed by atoms with Crippen LogP contribution >= 0.6 is 11.8 Å². The second-order valence-corrected chi connectivity index (χ2v) is 13.3. The van der Waals surface area contributed by atoms with Crippen molar-refractivity contribution in [2.45, 2.75) is 75.4 Å². The fraction of sp³-hybridized carbons (Fsp3) is 0.645. The van der Waals surface area contributed by atoms with Crippen molar-refractivity contribution in [3.63, 3.8) is 0 Å². The lowest BCUT2D eigenvalue weighted by Crippen LogP contribution is -2.61. The van der Waals surface area contributed by atoms with Crippen LogP contribution in [0.3, 0.4) is 0 Å². The second kappa shape index (κ2) is 11.6. The fourth-order valence-corrected chi connectivity index (χ4v) is 8.96. The molecule has 1 aliphatic heterocycles. The lowest BCUT2D eigenvalue weighted by Gasteiger charge is -2.61. The maximum absolute atomic E-state index is 9.76. The summed E-state index contributed by atoms with van der Waals surface area (Å²) in [5.41, 5.74) is 2.07. The predicted molar refractivity (Wildman–Crippen MR) is 159 cm³/mol. The monoisotopic (exact) mass is 545 g/mol. The predicted octanol–water partition coefficient (Wildman–Crippen LogP) is 5.36. The van der Waals surface area contributed by atoms with Crippen LogP contribution in [0.25, 0.3) is 0 Å². The number of nitriles is 1. The average molecular weight is 546 g/mol. The van der Waals surface area contributed by atoms with Gasteiger partial charge in [0.1, 0.15) is 17.5 Å². The summed E-state index contributed by atoms with van der Waals surface area (Å²) in [4.78, 5) is 13.0. The third-order valence-electron chi connectivity index (χ3n) is 10.0. The zero-order chi connectivity index (χ0) is 26.8. The summed E-state index contributed by atoms with van der Waals surface area (Å²) in [7, 11) is 0. The minimum absolute atomic E-state index is 0.322. The van der Waals surface area contributed by atoms with Crippen LogP contribution in [0.15, 0.2) is 35.4 Å². The van der Waals surface area contributed by atoms with Crippen molar-refractivity contribution in [3.05, 3.63) is 41.6 Å². The first-order valence-corrected chi connectivity index (χ1v) is 16.2. The fourth-order valence-electron chi connectivity index (χ4n) is 8.35. The maximum Gasteiger partial charge on any atom is 0.224 e. The number of nitrogens with one attached hydrogen (secondary N) is 3. The SMILES string of the molecule is CCN1CCC(NC2[C@@H]3CC4C[C@H]2CC(CNc2nc(NCc5ccccc5SC)ncc2C#N)(C4)C3)CC1. The van der Waals surface area contributed by atoms with Crippen LogP contribution < -0.4 is 16.0 Å². The molecule has 2 aromatic rings. The Hall–Kier alpha value is -2.34. The van der Waals surface area contributed by atoms with Crippen LogP contribution in [0, 0.1) is 34.5 Å². The average Bonchev–Trinajstić information content (AvgIpc) is 2.97. The molecule has 5 fully saturated rings. The number of benzene rings is 1. The molecule has 0 radical (unpaired) electrons. The number of nitrogens with zero attached hydrogens (tertiary/aromatic N) is 4. The van der Waals surface area contributed by atoms with E-state index in [4.69, 9.17) is 4.98 Å². The van der Waals surface area contributed by atoms with E-state index in [1.807, 2.05) is 0 Å². The summed E-state index contributed by atoms with van der Waals surface area (Å²) < 4.78 is 0. The van der Waals surface area contributed by atoms with Gasteiger partial charge in [0.05, 0.1) is 6.20 Å². The number of hydrogen-bond acceptors (Lipinski definition) is 8. The molecular weight excluding hydrogens is 502 g/mol. The molecule has 4 aliphatic carbocycles. The van der Waals surface area contributed by atoms with Crippen molar-refractivity contribution in [1.29, 1.82) is 5.26 Å². The van der Waals surface area contributed by atoms with Crippen LogP contribution in [-0.4, -0.2) is 59.4 Å². The molecule has 1 aromatic carbocycles. The van der Waals surface area contributed by atoms with Gasteiger partial charge in [0.25, 0.3) is 0 Å². The Kier molecular flexibility index (Phi) is 8.02. The number of hydrogen-bond donors (Lipinski definition) is 3. The Morgan fingerprint density at radius 1 is 1.10 bits per heavy atom. The number of thioether (sulfide) groups is 1. The van der Waals surface area contributed by atoms with Crippen LogP contribution in [-0.2, 0) is 6.54 Å². The molecule has 1 saturated heterocycles. The smallest absolute Gasteiger partial charge is 0.224 e. The van der Waals surface area contributed by atoms with Crippen LogP contribution in [0.1, 0.15) is 63.0 Å². The van der Waals surface area contributed by atoms with E-state index in [0.29, 0.717) is 41.4 Å². The summed E-state index contributed by atoms with van der Waals surface area (Å²) >= 11 is 1.74. The molecule has 4 bridgehead atoms. The molecule has 2 heterocycles. The first kappa shape index (κ1) is 26.9. The van der Waals surface area contributed by atoms with Crippen molar-refractivity contribution >= 4 is 23.5 Å². The topological polar surface area (TPSA) is 88.9 Å². The highest BCUT2D eigenvalue weighted by molar-refractivity contribution is 7.98. The van der Waals surface area contributed by atoms with Crippen LogP contribution in [0.4, 0.5) is 11.8 Å². The minimum Gasteiger partial charge on any atom is -0.368 e. The molecule has 0 spiro atoms. The summed E-state index contributed by atoms with van der Waals surface area (Å²) in [5, 5.41) is 21.0. The molecule has 7 nitrogen and oxygen atoms in total. The molecule has 4 saturated carbocycles. The van der Waals surface area contributed by atoms with Crippen molar-refractivity contribution in [2.24, 2.45) is 23.2 Å². The Balaban J connectivity index is 1.09. The van der Waals surface area contributed by atoms with Crippen molar-refractivity contribution in [3.8, 4) is 6.07 Å². The Morgan fingerprint density at radius 2 is 1.87 bits per heavy atom. The molecule has 1 aromatic heterocycles. The van der Waals surface area contributed by atoms with E-state index in [9.17, 15) is 5.26 Å². The van der Waals surface area contributed by atoms with Gasteiger partial charge in [-0.05, 0) is 106 Å². The Labute approximate surface area is 237 Å². The molecule has 8 heteroatoms. The summed E-state index contributed by atoms with van der Waals surface area (Å²) in [5.74, 6) is 3.67. The number of likely N-dealkylation sites (tertiary alicyclic amines) is 1. The minimum atomic E-state index is 0.322. The van der Waals surface area contributed by atoms with Gasteiger partial charge in [0.15, 0.2) is 0 Å². The van der Waals surface area contributed by atoms with Gasteiger partial charge in [-0.15, -0.1) is 11.8 Å². The molecule has 5 atom stereocenters. The molecule has 0 amide bonds. The lowest BCUT2D eigenvalue weighted by atomic mass is 9.48. The first-order chi connectivity index (χ1) is 19.1. The van der Waals surface area contributed by atoms with Crippen molar-refractivity contribution < 1.29 is 0 Å². The van der Waals surface area contributed by atoms with Gasteiger partial charge in [-0.2, -0.15) is 10.2 Å². The highest BCUT2D eigenvalue weighted by Gasteiger charge is 2.55. The lowest BCUT2D eigenvalue weighted by molar-refractivity contribution is -0.0734. The second-order valence-electron chi connectivity index (χ2n) is 12.5. The number of piperidine rings is 1. The third kappa shape index (κ3) is 5.77. The molecule has 3 unspecified atom stereocenters. The quantitative estimate of drug-likeness (QED) is 0.344. The van der Waals surface area contributed by atoms with E-state index < -0.39 is 0 Å². The summed E-state index contributed by atoms with van der Waals surface area (Å²) in [6, 6.07) is 12.1. The van der Waals surface area contributed by atoms with Gasteiger partial charge in [0, 0.05) is 30.1 Å². The highest BCUT2D eigenvalue weighted by Crippen LogP contribution is 2.60. The molecule has 208 valence electrons. The molecular formula is C31H43N7S. The molecule has 3 N–H and O–H groups in total. The Morgan fingerprint density at radius 3 is 2.59 bits per heavy atom. The molecule has 39 heavy (non-hydrogen) atoms. The van der Waals surface area contributed by atoms with Gasteiger partial charge in [-0.3, -0.25) is 0 Å². The first-order valence-electron chi connectivity index (χ1n) is 14.9. The molecule has 7 rings (SSSR count).